The molecule has 28 heavy (non-hydrogen) atoms. The van der Waals surface area contributed by atoms with Crippen molar-refractivity contribution in [1.82, 2.24) is 10.3 Å². The number of rotatable bonds is 6. The molecule has 2 aromatic carbocycles. The number of ether oxygens (including phenoxy) is 1. The van der Waals surface area contributed by atoms with E-state index in [1.54, 1.807) is 7.11 Å². The van der Waals surface area contributed by atoms with Gasteiger partial charge in [0.05, 0.1) is 18.2 Å². The minimum atomic E-state index is -0.317. The quantitative estimate of drug-likeness (QED) is 0.690. The van der Waals surface area contributed by atoms with Crippen LogP contribution in [0.25, 0.3) is 0 Å². The topological polar surface area (TPSA) is 80.3 Å². The molecule has 1 aromatic heterocycles. The van der Waals surface area contributed by atoms with Gasteiger partial charge in [0.2, 0.25) is 0 Å². The number of anilines is 1. The highest BCUT2D eigenvalue weighted by Crippen LogP contribution is 2.13. The Morgan fingerprint density at radius 1 is 0.964 bits per heavy atom. The minimum Gasteiger partial charge on any atom is -0.497 e. The molecule has 0 aliphatic heterocycles. The van der Waals surface area contributed by atoms with Crippen molar-refractivity contribution in [3.05, 3.63) is 89.2 Å². The number of aromatic nitrogens is 1. The number of pyridine rings is 1. The number of benzene rings is 2. The third kappa shape index (κ3) is 4.94. The molecular weight excluding hydrogens is 354 g/mol. The maximum Gasteiger partial charge on any atom is 0.257 e. The SMILES string of the molecule is COc1ccc(CNC(=O)c2cncc(C(=O)Nc3cccc(C)c3)c2)cc1. The number of nitrogens with zero attached hydrogens (tertiary/aromatic N) is 1. The summed E-state index contributed by atoms with van der Waals surface area (Å²) >= 11 is 0. The molecule has 0 aliphatic rings. The van der Waals surface area contributed by atoms with E-state index >= 15 is 0 Å². The van der Waals surface area contributed by atoms with E-state index in [0.29, 0.717) is 23.4 Å². The predicted octanol–water partition coefficient (Wildman–Crippen LogP) is 3.58. The van der Waals surface area contributed by atoms with Crippen LogP contribution in [-0.4, -0.2) is 23.9 Å². The summed E-state index contributed by atoms with van der Waals surface area (Å²) in [5.41, 5.74) is 3.32. The maximum absolute atomic E-state index is 12.4. The number of methoxy groups -OCH3 is 1. The molecule has 0 unspecified atom stereocenters. The average molecular weight is 375 g/mol. The molecule has 0 fully saturated rings. The van der Waals surface area contributed by atoms with Crippen molar-refractivity contribution in [2.24, 2.45) is 0 Å². The smallest absolute Gasteiger partial charge is 0.257 e. The summed E-state index contributed by atoms with van der Waals surface area (Å²) < 4.78 is 5.12. The first-order chi connectivity index (χ1) is 13.5. The van der Waals surface area contributed by atoms with Crippen LogP contribution < -0.4 is 15.4 Å². The molecule has 2 N–H and O–H groups in total. The molecule has 3 aromatic rings. The van der Waals surface area contributed by atoms with E-state index < -0.39 is 0 Å². The minimum absolute atomic E-state index is 0.298. The molecule has 0 bridgehead atoms. The summed E-state index contributed by atoms with van der Waals surface area (Å²) in [6, 6.07) is 16.4. The fourth-order valence-electron chi connectivity index (χ4n) is 2.64. The van der Waals surface area contributed by atoms with Crippen LogP contribution in [0.2, 0.25) is 0 Å². The Morgan fingerprint density at radius 2 is 1.68 bits per heavy atom. The van der Waals surface area contributed by atoms with E-state index in [-0.39, 0.29) is 11.8 Å². The lowest BCUT2D eigenvalue weighted by Gasteiger charge is -2.08. The molecule has 0 spiro atoms. The Kier molecular flexibility index (Phi) is 6.01. The van der Waals surface area contributed by atoms with E-state index in [0.717, 1.165) is 16.9 Å². The number of carbonyl (C=O) groups is 2. The fourth-order valence-corrected chi connectivity index (χ4v) is 2.64. The van der Waals surface area contributed by atoms with Crippen molar-refractivity contribution in [3.8, 4) is 5.75 Å². The summed E-state index contributed by atoms with van der Waals surface area (Å²) in [5, 5.41) is 5.64. The van der Waals surface area contributed by atoms with Crippen molar-refractivity contribution in [1.29, 1.82) is 0 Å². The monoisotopic (exact) mass is 375 g/mol. The van der Waals surface area contributed by atoms with E-state index in [9.17, 15) is 9.59 Å². The predicted molar refractivity (Wildman–Crippen MR) is 108 cm³/mol. The number of aryl methyl sites for hydroxylation is 1. The molecule has 0 radical (unpaired) electrons. The van der Waals surface area contributed by atoms with Crippen LogP contribution in [-0.2, 0) is 6.54 Å². The second kappa shape index (κ2) is 8.81. The lowest BCUT2D eigenvalue weighted by atomic mass is 10.1. The highest BCUT2D eigenvalue weighted by Gasteiger charge is 2.12. The standard InChI is InChI=1S/C22H21N3O3/c1-15-4-3-5-19(10-15)25-22(27)18-11-17(13-23-14-18)21(26)24-12-16-6-8-20(28-2)9-7-16/h3-11,13-14H,12H2,1-2H3,(H,24,26)(H,25,27). The molecule has 3 rings (SSSR count). The van der Waals surface area contributed by atoms with Gasteiger partial charge in [-0.05, 0) is 48.4 Å². The third-order valence-electron chi connectivity index (χ3n) is 4.15. The fraction of sp³-hybridized carbons (Fsp3) is 0.136. The van der Waals surface area contributed by atoms with Gasteiger partial charge in [-0.25, -0.2) is 0 Å². The maximum atomic E-state index is 12.4. The third-order valence-corrected chi connectivity index (χ3v) is 4.15. The number of nitrogens with one attached hydrogen (secondary N) is 2. The first-order valence-electron chi connectivity index (χ1n) is 8.79. The first kappa shape index (κ1) is 19.1. The molecule has 2 amide bonds. The average Bonchev–Trinajstić information content (AvgIpc) is 2.72. The molecule has 142 valence electrons. The van der Waals surface area contributed by atoms with Crippen LogP contribution in [0.5, 0.6) is 5.75 Å². The summed E-state index contributed by atoms with van der Waals surface area (Å²) in [6.45, 7) is 2.31. The Labute approximate surface area is 163 Å². The van der Waals surface area contributed by atoms with Crippen LogP contribution in [0.3, 0.4) is 0 Å². The summed E-state index contributed by atoms with van der Waals surface area (Å²) in [4.78, 5) is 28.9. The van der Waals surface area contributed by atoms with Crippen molar-refractivity contribution in [2.75, 3.05) is 12.4 Å². The van der Waals surface area contributed by atoms with Gasteiger partial charge in [0.15, 0.2) is 0 Å². The van der Waals surface area contributed by atoms with Gasteiger partial charge in [-0.3, -0.25) is 14.6 Å². The van der Waals surface area contributed by atoms with Gasteiger partial charge < -0.3 is 15.4 Å². The van der Waals surface area contributed by atoms with Crippen molar-refractivity contribution in [2.45, 2.75) is 13.5 Å². The van der Waals surface area contributed by atoms with Gasteiger partial charge >= 0.3 is 0 Å². The van der Waals surface area contributed by atoms with Crippen LogP contribution in [0.1, 0.15) is 31.8 Å². The summed E-state index contributed by atoms with van der Waals surface area (Å²) in [5.74, 6) is 0.142. The zero-order chi connectivity index (χ0) is 19.9. The second-order valence-corrected chi connectivity index (χ2v) is 6.32. The Bertz CT molecular complexity index is 984. The molecule has 1 heterocycles. The zero-order valence-corrected chi connectivity index (χ0v) is 15.7. The molecule has 6 heteroatoms. The molecule has 0 atom stereocenters. The van der Waals surface area contributed by atoms with Crippen LogP contribution in [0.4, 0.5) is 5.69 Å². The molecule has 0 saturated heterocycles. The Hall–Kier alpha value is -3.67. The normalized spacial score (nSPS) is 10.2. The molecule has 0 saturated carbocycles. The number of hydrogen-bond acceptors (Lipinski definition) is 4. The van der Waals surface area contributed by atoms with Gasteiger partial charge in [-0.2, -0.15) is 0 Å². The van der Waals surface area contributed by atoms with Crippen LogP contribution in [0, 0.1) is 6.92 Å². The van der Waals surface area contributed by atoms with Crippen molar-refractivity contribution in [3.63, 3.8) is 0 Å². The highest BCUT2D eigenvalue weighted by atomic mass is 16.5. The van der Waals surface area contributed by atoms with Gasteiger partial charge in [-0.1, -0.05) is 24.3 Å². The van der Waals surface area contributed by atoms with Gasteiger partial charge in [-0.15, -0.1) is 0 Å². The number of amides is 2. The van der Waals surface area contributed by atoms with Crippen LogP contribution >= 0.6 is 0 Å². The first-order valence-corrected chi connectivity index (χ1v) is 8.79. The molecule has 0 aliphatic carbocycles. The molecule has 6 nitrogen and oxygen atoms in total. The second-order valence-electron chi connectivity index (χ2n) is 6.32. The van der Waals surface area contributed by atoms with Crippen molar-refractivity contribution >= 4 is 17.5 Å². The summed E-state index contributed by atoms with van der Waals surface area (Å²) in [6.07, 6.45) is 2.87. The molecular formula is C22H21N3O3. The summed E-state index contributed by atoms with van der Waals surface area (Å²) in [7, 11) is 1.60. The Balaban J connectivity index is 1.64. The zero-order valence-electron chi connectivity index (χ0n) is 15.7. The van der Waals surface area contributed by atoms with Gasteiger partial charge in [0.1, 0.15) is 5.75 Å². The van der Waals surface area contributed by atoms with E-state index in [4.69, 9.17) is 4.74 Å². The van der Waals surface area contributed by atoms with E-state index in [1.807, 2.05) is 55.5 Å². The van der Waals surface area contributed by atoms with E-state index in [1.165, 1.54) is 18.5 Å². The lowest BCUT2D eigenvalue weighted by molar-refractivity contribution is 0.0950. The largest absolute Gasteiger partial charge is 0.497 e. The van der Waals surface area contributed by atoms with Crippen LogP contribution in [0.15, 0.2) is 67.0 Å². The van der Waals surface area contributed by atoms with Crippen molar-refractivity contribution < 1.29 is 14.3 Å². The highest BCUT2D eigenvalue weighted by molar-refractivity contribution is 6.05. The van der Waals surface area contributed by atoms with Gasteiger partial charge in [0, 0.05) is 24.6 Å². The number of hydrogen-bond donors (Lipinski definition) is 2. The van der Waals surface area contributed by atoms with Gasteiger partial charge in [0.25, 0.3) is 11.8 Å². The number of carbonyl (C=O) groups excluding carboxylic acids is 2. The lowest BCUT2D eigenvalue weighted by Crippen LogP contribution is -2.23. The van der Waals surface area contributed by atoms with E-state index in [2.05, 4.69) is 15.6 Å². The Morgan fingerprint density at radius 3 is 2.36 bits per heavy atom.